The molecule has 0 aromatic heterocycles. The van der Waals surface area contributed by atoms with Gasteiger partial charge in [0.1, 0.15) is 5.66 Å². The molecule has 0 radical (unpaired) electrons. The van der Waals surface area contributed by atoms with Gasteiger partial charge in [-0.15, -0.1) is 0 Å². The van der Waals surface area contributed by atoms with Gasteiger partial charge in [0, 0.05) is 0 Å². The molecule has 0 heterocycles. The summed E-state index contributed by atoms with van der Waals surface area (Å²) < 4.78 is 13.6. The molecule has 0 spiro atoms. The summed E-state index contributed by atoms with van der Waals surface area (Å²) >= 11 is 0. The third-order valence-electron chi connectivity index (χ3n) is 7.29. The Morgan fingerprint density at radius 3 is 1.68 bits per heavy atom. The van der Waals surface area contributed by atoms with E-state index in [2.05, 4.69) is 0 Å². The van der Waals surface area contributed by atoms with E-state index in [4.69, 9.17) is 0 Å². The lowest BCUT2D eigenvalue weighted by Gasteiger charge is -2.50. The molecule has 0 amide bonds. The van der Waals surface area contributed by atoms with Gasteiger partial charge in [-0.25, -0.2) is 0 Å². The number of carboxylic acid groups (broad SMARTS) is 1. The van der Waals surface area contributed by atoms with Crippen LogP contribution in [0.2, 0.25) is 0 Å². The van der Waals surface area contributed by atoms with Crippen LogP contribution in [0.25, 0.3) is 0 Å². The molecule has 34 heavy (non-hydrogen) atoms. The SMILES string of the molecule is Cc1cc(C)c(C(C2(c3c(C)cc(C)cc3C)c3ccc(cc3)C2C(=O)O)P(=O)(O)O)c(C)c1. The topological polar surface area (TPSA) is 94.8 Å². The van der Waals surface area contributed by atoms with Gasteiger partial charge in [-0.05, 0) is 86.1 Å². The van der Waals surface area contributed by atoms with E-state index in [9.17, 15) is 24.3 Å². The number of benzene rings is 3. The number of aliphatic carboxylic acids is 1. The lowest BCUT2D eigenvalue weighted by molar-refractivity contribution is -0.140. The van der Waals surface area contributed by atoms with Crippen molar-refractivity contribution >= 4 is 13.6 Å². The fraction of sp³-hybridized carbons (Fsp3) is 0.321. The molecule has 0 fully saturated rings. The van der Waals surface area contributed by atoms with Gasteiger partial charge in [0.25, 0.3) is 0 Å². The highest BCUT2D eigenvalue weighted by molar-refractivity contribution is 7.52. The quantitative estimate of drug-likeness (QED) is 0.396. The predicted octanol–water partition coefficient (Wildman–Crippen LogP) is 5.92. The summed E-state index contributed by atoms with van der Waals surface area (Å²) in [5, 5.41) is 10.6. The van der Waals surface area contributed by atoms with Crippen LogP contribution in [-0.2, 0) is 14.8 Å². The summed E-state index contributed by atoms with van der Waals surface area (Å²) in [4.78, 5) is 35.0. The fourth-order valence-corrected chi connectivity index (χ4v) is 8.28. The van der Waals surface area contributed by atoms with Crippen LogP contribution in [0.3, 0.4) is 0 Å². The van der Waals surface area contributed by atoms with E-state index in [0.717, 1.165) is 33.4 Å². The summed E-state index contributed by atoms with van der Waals surface area (Å²) in [6.07, 6.45) is 0. The van der Waals surface area contributed by atoms with Crippen molar-refractivity contribution in [3.05, 3.63) is 104 Å². The molecule has 5 nitrogen and oxygen atoms in total. The Kier molecular flexibility index (Phi) is 5.88. The Bertz CT molecular complexity index is 1310. The van der Waals surface area contributed by atoms with Crippen LogP contribution in [0.1, 0.15) is 67.2 Å². The smallest absolute Gasteiger partial charge is 0.334 e. The molecular formula is C28H31O5P. The zero-order chi connectivity index (χ0) is 25.2. The first kappa shape index (κ1) is 24.4. The van der Waals surface area contributed by atoms with Crippen molar-refractivity contribution in [3.63, 3.8) is 0 Å². The molecule has 6 heteroatoms. The summed E-state index contributed by atoms with van der Waals surface area (Å²) in [5.74, 6) is -2.24. The van der Waals surface area contributed by atoms with Crippen LogP contribution in [0.5, 0.6) is 0 Å². The predicted molar refractivity (Wildman–Crippen MR) is 134 cm³/mol. The Morgan fingerprint density at radius 1 is 0.824 bits per heavy atom. The number of carbonyl (C=O) groups is 1. The van der Waals surface area contributed by atoms with Crippen molar-refractivity contribution in [2.75, 3.05) is 0 Å². The Hall–Kier alpha value is -2.72. The maximum absolute atomic E-state index is 13.6. The van der Waals surface area contributed by atoms with Gasteiger partial charge >= 0.3 is 13.6 Å². The zero-order valence-electron chi connectivity index (χ0n) is 20.4. The third kappa shape index (κ3) is 3.54. The molecule has 2 bridgehead atoms. The average molecular weight is 479 g/mol. The van der Waals surface area contributed by atoms with E-state index in [1.807, 2.05) is 77.9 Å². The number of aryl methyl sites for hydroxylation is 6. The van der Waals surface area contributed by atoms with Crippen molar-refractivity contribution < 1.29 is 24.3 Å². The van der Waals surface area contributed by atoms with Crippen molar-refractivity contribution in [2.24, 2.45) is 0 Å². The minimum Gasteiger partial charge on any atom is -0.481 e. The minimum atomic E-state index is -4.89. The molecular weight excluding hydrogens is 447 g/mol. The van der Waals surface area contributed by atoms with Gasteiger partial charge in [0.2, 0.25) is 0 Å². The fourth-order valence-electron chi connectivity index (χ4n) is 6.58. The van der Waals surface area contributed by atoms with Gasteiger partial charge in [-0.3, -0.25) is 9.36 Å². The first-order chi connectivity index (χ1) is 15.8. The summed E-state index contributed by atoms with van der Waals surface area (Å²) in [7, 11) is -4.89. The molecule has 3 aromatic rings. The maximum Gasteiger partial charge on any atom is 0.334 e. The summed E-state index contributed by atoms with van der Waals surface area (Å²) in [6, 6.07) is 14.9. The molecule has 0 saturated carbocycles. The highest BCUT2D eigenvalue weighted by atomic mass is 31.2. The van der Waals surface area contributed by atoms with Gasteiger partial charge in [-0.2, -0.15) is 0 Å². The van der Waals surface area contributed by atoms with Crippen LogP contribution in [-0.4, -0.2) is 20.9 Å². The van der Waals surface area contributed by atoms with Crippen LogP contribution >= 0.6 is 7.60 Å². The van der Waals surface area contributed by atoms with E-state index >= 15 is 0 Å². The molecule has 5 rings (SSSR count). The van der Waals surface area contributed by atoms with Crippen molar-refractivity contribution in [1.29, 1.82) is 0 Å². The highest BCUT2D eigenvalue weighted by Crippen LogP contribution is 2.69. The molecule has 3 atom stereocenters. The molecule has 3 aromatic carbocycles. The Labute approximate surface area is 200 Å². The van der Waals surface area contributed by atoms with E-state index in [-0.39, 0.29) is 0 Å². The standard InChI is InChI=1S/C28H31O5P/c1-15-11-17(3)23(18(4)12-15)26(34(31,32)33)28(24-19(5)13-16(2)14-20(24)6)22-9-7-21(8-10-22)25(28)27(29)30/h7-14,25-26H,1-6H3,(H,29,30)(H2,31,32,33). The first-order valence-corrected chi connectivity index (χ1v) is 13.0. The van der Waals surface area contributed by atoms with Crippen LogP contribution < -0.4 is 0 Å². The zero-order valence-corrected chi connectivity index (χ0v) is 21.3. The van der Waals surface area contributed by atoms with Crippen LogP contribution in [0.15, 0.2) is 48.5 Å². The van der Waals surface area contributed by atoms with Gasteiger partial charge in [0.15, 0.2) is 0 Å². The monoisotopic (exact) mass is 478 g/mol. The number of fused-ring (bicyclic) bond motifs is 3. The number of hydrogen-bond donors (Lipinski definition) is 3. The van der Waals surface area contributed by atoms with E-state index in [1.54, 1.807) is 12.1 Å². The lowest BCUT2D eigenvalue weighted by Crippen LogP contribution is -2.47. The lowest BCUT2D eigenvalue weighted by atomic mass is 9.55. The van der Waals surface area contributed by atoms with Crippen LogP contribution in [0.4, 0.5) is 0 Å². The third-order valence-corrected chi connectivity index (χ3v) is 8.63. The van der Waals surface area contributed by atoms with Crippen molar-refractivity contribution in [3.8, 4) is 0 Å². The second kappa shape index (κ2) is 8.20. The Morgan fingerprint density at radius 2 is 1.26 bits per heavy atom. The first-order valence-electron chi connectivity index (χ1n) is 11.3. The van der Waals surface area contributed by atoms with Gasteiger partial charge < -0.3 is 14.9 Å². The van der Waals surface area contributed by atoms with Crippen molar-refractivity contribution in [2.45, 2.75) is 58.5 Å². The van der Waals surface area contributed by atoms with E-state index < -0.39 is 30.6 Å². The average Bonchev–Trinajstić information content (AvgIpc) is 2.69. The summed E-state index contributed by atoms with van der Waals surface area (Å²) in [6.45, 7) is 11.4. The molecule has 2 aliphatic rings. The normalized spacial score (nSPS) is 20.4. The van der Waals surface area contributed by atoms with E-state index in [0.29, 0.717) is 22.3 Å². The maximum atomic E-state index is 13.6. The molecule has 0 saturated heterocycles. The molecule has 0 aliphatic heterocycles. The van der Waals surface area contributed by atoms with E-state index in [1.165, 1.54) is 0 Å². The van der Waals surface area contributed by atoms with Gasteiger partial charge in [0.05, 0.1) is 11.3 Å². The van der Waals surface area contributed by atoms with Crippen LogP contribution in [0, 0.1) is 41.5 Å². The minimum absolute atomic E-state index is 0.520. The number of rotatable bonds is 5. The highest BCUT2D eigenvalue weighted by Gasteiger charge is 2.61. The molecule has 2 aliphatic carbocycles. The second-order valence-electron chi connectivity index (χ2n) is 9.84. The Balaban J connectivity index is 2.27. The largest absolute Gasteiger partial charge is 0.481 e. The summed E-state index contributed by atoms with van der Waals surface area (Å²) in [5.41, 5.74) is 4.65. The molecule has 178 valence electrons. The van der Waals surface area contributed by atoms with Gasteiger partial charge in [-0.1, -0.05) is 59.7 Å². The second-order valence-corrected chi connectivity index (χ2v) is 11.5. The molecule has 3 N–H and O–H groups in total. The van der Waals surface area contributed by atoms with Crippen molar-refractivity contribution in [1.82, 2.24) is 0 Å². The molecule has 3 unspecified atom stereocenters. The number of hydrogen-bond acceptors (Lipinski definition) is 2. The number of carboxylic acids is 1.